The van der Waals surface area contributed by atoms with Crippen LogP contribution in [0.25, 0.3) is 22.3 Å². The summed E-state index contributed by atoms with van der Waals surface area (Å²) in [6.07, 6.45) is 3.02. The quantitative estimate of drug-likeness (QED) is 0.690. The molecule has 3 rings (SSSR count). The summed E-state index contributed by atoms with van der Waals surface area (Å²) in [4.78, 5) is 12.6. The van der Waals surface area contributed by atoms with Crippen LogP contribution in [0.4, 0.5) is 0 Å². The van der Waals surface area contributed by atoms with Gasteiger partial charge in [0.1, 0.15) is 12.5 Å². The van der Waals surface area contributed by atoms with Gasteiger partial charge in [-0.2, -0.15) is 0 Å². The van der Waals surface area contributed by atoms with Crippen LogP contribution in [-0.4, -0.2) is 0 Å². The molecular formula is C18H14O2. The fourth-order valence-corrected chi connectivity index (χ4v) is 2.17. The highest BCUT2D eigenvalue weighted by molar-refractivity contribution is 5.70. The molecule has 0 unspecified atom stereocenters. The Labute approximate surface area is 117 Å². The molecule has 0 amide bonds. The molecule has 0 spiro atoms. The van der Waals surface area contributed by atoms with Crippen molar-refractivity contribution in [2.45, 2.75) is 6.92 Å². The molecule has 0 bridgehead atoms. The van der Waals surface area contributed by atoms with Crippen LogP contribution in [-0.2, 0) is 0 Å². The zero-order chi connectivity index (χ0) is 13.9. The van der Waals surface area contributed by atoms with Crippen molar-refractivity contribution in [1.82, 2.24) is 0 Å². The first kappa shape index (κ1) is 12.4. The van der Waals surface area contributed by atoms with Crippen molar-refractivity contribution < 1.29 is 4.42 Å². The van der Waals surface area contributed by atoms with Crippen molar-refractivity contribution in [3.63, 3.8) is 0 Å². The molecule has 0 atom stereocenters. The SMILES string of the molecule is Cc1ccc(-c2cocc(-c3ccccc3)c2=O)cc1. The molecule has 0 saturated carbocycles. The predicted octanol–water partition coefficient (Wildman–Crippen LogP) is 4.28. The van der Waals surface area contributed by atoms with Gasteiger partial charge < -0.3 is 4.42 Å². The Morgan fingerprint density at radius 1 is 0.750 bits per heavy atom. The Hall–Kier alpha value is -2.61. The van der Waals surface area contributed by atoms with Gasteiger partial charge in [-0.25, -0.2) is 0 Å². The lowest BCUT2D eigenvalue weighted by Crippen LogP contribution is -2.07. The highest BCUT2D eigenvalue weighted by Gasteiger charge is 2.10. The van der Waals surface area contributed by atoms with E-state index in [-0.39, 0.29) is 5.43 Å². The molecular weight excluding hydrogens is 248 g/mol. The summed E-state index contributed by atoms with van der Waals surface area (Å²) >= 11 is 0. The van der Waals surface area contributed by atoms with Crippen LogP contribution in [0.15, 0.2) is 76.3 Å². The molecule has 2 aromatic carbocycles. The van der Waals surface area contributed by atoms with Gasteiger partial charge in [0.25, 0.3) is 0 Å². The highest BCUT2D eigenvalue weighted by atomic mass is 16.3. The van der Waals surface area contributed by atoms with Gasteiger partial charge in [-0.15, -0.1) is 0 Å². The number of hydrogen-bond donors (Lipinski definition) is 0. The number of aryl methyl sites for hydroxylation is 1. The van der Waals surface area contributed by atoms with E-state index in [9.17, 15) is 4.79 Å². The monoisotopic (exact) mass is 262 g/mol. The third-order valence-electron chi connectivity index (χ3n) is 3.31. The Bertz CT molecular complexity index is 769. The lowest BCUT2D eigenvalue weighted by molar-refractivity contribution is 0.552. The third-order valence-corrected chi connectivity index (χ3v) is 3.31. The van der Waals surface area contributed by atoms with Crippen LogP contribution in [0, 0.1) is 6.92 Å². The molecule has 0 saturated heterocycles. The summed E-state index contributed by atoms with van der Waals surface area (Å²) in [6, 6.07) is 17.4. The van der Waals surface area contributed by atoms with E-state index in [1.807, 2.05) is 61.5 Å². The summed E-state index contributed by atoms with van der Waals surface area (Å²) in [5, 5.41) is 0. The van der Waals surface area contributed by atoms with Gasteiger partial charge >= 0.3 is 0 Å². The predicted molar refractivity (Wildman–Crippen MR) is 80.6 cm³/mol. The molecule has 0 fully saturated rings. The Kier molecular flexibility index (Phi) is 3.21. The lowest BCUT2D eigenvalue weighted by Gasteiger charge is -2.04. The molecule has 0 N–H and O–H groups in total. The molecule has 0 aliphatic heterocycles. The van der Waals surface area contributed by atoms with E-state index in [0.29, 0.717) is 11.1 Å². The van der Waals surface area contributed by atoms with E-state index in [4.69, 9.17) is 4.42 Å². The van der Waals surface area contributed by atoms with Gasteiger partial charge in [0.05, 0.1) is 11.1 Å². The number of benzene rings is 2. The topological polar surface area (TPSA) is 30.2 Å². The van der Waals surface area contributed by atoms with Gasteiger partial charge in [-0.1, -0.05) is 60.2 Å². The standard InChI is InChI=1S/C18H14O2/c1-13-7-9-15(10-8-13)17-12-20-11-16(18(17)19)14-5-3-2-4-6-14/h2-12H,1H3. The van der Waals surface area contributed by atoms with Crippen molar-refractivity contribution in [1.29, 1.82) is 0 Å². The highest BCUT2D eigenvalue weighted by Crippen LogP contribution is 2.21. The van der Waals surface area contributed by atoms with Gasteiger partial charge in [0.2, 0.25) is 0 Å². The molecule has 1 aromatic heterocycles. The van der Waals surface area contributed by atoms with E-state index in [2.05, 4.69) is 0 Å². The maximum atomic E-state index is 12.6. The minimum absolute atomic E-state index is 0.00805. The first-order valence-electron chi connectivity index (χ1n) is 6.48. The van der Waals surface area contributed by atoms with Gasteiger partial charge in [-0.3, -0.25) is 4.79 Å². The molecule has 1 heterocycles. The van der Waals surface area contributed by atoms with Crippen molar-refractivity contribution >= 4 is 0 Å². The Balaban J connectivity index is 2.15. The molecule has 0 aliphatic rings. The second-order valence-electron chi connectivity index (χ2n) is 4.76. The fraction of sp³-hybridized carbons (Fsp3) is 0.0556. The Morgan fingerprint density at radius 2 is 1.30 bits per heavy atom. The zero-order valence-corrected chi connectivity index (χ0v) is 11.2. The van der Waals surface area contributed by atoms with Crippen LogP contribution >= 0.6 is 0 Å². The third kappa shape index (κ3) is 2.28. The van der Waals surface area contributed by atoms with Gasteiger partial charge in [-0.05, 0) is 18.1 Å². The maximum absolute atomic E-state index is 12.6. The first-order chi connectivity index (χ1) is 9.75. The van der Waals surface area contributed by atoms with E-state index < -0.39 is 0 Å². The molecule has 2 nitrogen and oxygen atoms in total. The van der Waals surface area contributed by atoms with Crippen molar-refractivity contribution in [2.24, 2.45) is 0 Å². The number of rotatable bonds is 2. The van der Waals surface area contributed by atoms with Crippen molar-refractivity contribution in [3.8, 4) is 22.3 Å². The summed E-state index contributed by atoms with van der Waals surface area (Å²) in [7, 11) is 0. The van der Waals surface area contributed by atoms with E-state index in [1.165, 1.54) is 12.5 Å². The van der Waals surface area contributed by atoms with E-state index in [1.54, 1.807) is 0 Å². The van der Waals surface area contributed by atoms with Crippen molar-refractivity contribution in [2.75, 3.05) is 0 Å². The molecule has 0 radical (unpaired) electrons. The van der Waals surface area contributed by atoms with Crippen LogP contribution in [0.2, 0.25) is 0 Å². The van der Waals surface area contributed by atoms with E-state index >= 15 is 0 Å². The summed E-state index contributed by atoms with van der Waals surface area (Å²) < 4.78 is 5.36. The fourth-order valence-electron chi connectivity index (χ4n) is 2.17. The summed E-state index contributed by atoms with van der Waals surface area (Å²) in [5.41, 5.74) is 4.08. The van der Waals surface area contributed by atoms with E-state index in [0.717, 1.165) is 16.7 Å². The second kappa shape index (κ2) is 5.17. The smallest absolute Gasteiger partial charge is 0.200 e. The van der Waals surface area contributed by atoms with Crippen LogP contribution < -0.4 is 5.43 Å². The first-order valence-corrected chi connectivity index (χ1v) is 6.48. The summed E-state index contributed by atoms with van der Waals surface area (Å²) in [5.74, 6) is 0. The maximum Gasteiger partial charge on any atom is 0.200 e. The largest absolute Gasteiger partial charge is 0.471 e. The average molecular weight is 262 g/mol. The Morgan fingerprint density at radius 3 is 1.90 bits per heavy atom. The second-order valence-corrected chi connectivity index (χ2v) is 4.76. The lowest BCUT2D eigenvalue weighted by atomic mass is 10.0. The normalized spacial score (nSPS) is 10.4. The summed E-state index contributed by atoms with van der Waals surface area (Å²) in [6.45, 7) is 2.02. The van der Waals surface area contributed by atoms with Gasteiger partial charge in [0, 0.05) is 0 Å². The number of hydrogen-bond acceptors (Lipinski definition) is 2. The van der Waals surface area contributed by atoms with Crippen LogP contribution in [0.3, 0.4) is 0 Å². The van der Waals surface area contributed by atoms with Gasteiger partial charge in [0.15, 0.2) is 5.43 Å². The molecule has 2 heteroatoms. The zero-order valence-electron chi connectivity index (χ0n) is 11.2. The minimum atomic E-state index is -0.00805. The van der Waals surface area contributed by atoms with Crippen molar-refractivity contribution in [3.05, 3.63) is 82.9 Å². The minimum Gasteiger partial charge on any atom is -0.471 e. The van der Waals surface area contributed by atoms with Crippen LogP contribution in [0.1, 0.15) is 5.56 Å². The molecule has 0 aliphatic carbocycles. The molecule has 20 heavy (non-hydrogen) atoms. The van der Waals surface area contributed by atoms with Crippen LogP contribution in [0.5, 0.6) is 0 Å². The average Bonchev–Trinajstić information content (AvgIpc) is 2.49. The molecule has 98 valence electrons. The molecule has 3 aromatic rings.